The Morgan fingerprint density at radius 1 is 1.10 bits per heavy atom. The highest BCUT2D eigenvalue weighted by Crippen LogP contribution is 2.41. The average Bonchev–Trinajstić information content (AvgIpc) is 3.01. The van der Waals surface area contributed by atoms with Gasteiger partial charge in [0.15, 0.2) is 23.1 Å². The number of hydrogen-bond acceptors (Lipinski definition) is 6. The summed E-state index contributed by atoms with van der Waals surface area (Å²) in [5.41, 5.74) is 4.20. The van der Waals surface area contributed by atoms with Gasteiger partial charge >= 0.3 is 0 Å². The minimum atomic E-state index is -1.84. The van der Waals surface area contributed by atoms with E-state index in [0.717, 1.165) is 11.0 Å². The molecule has 1 atom stereocenters. The number of hydrogen-bond donors (Lipinski definition) is 1. The molecule has 2 N–H and O–H groups in total. The van der Waals surface area contributed by atoms with E-state index in [4.69, 9.17) is 5.73 Å². The van der Waals surface area contributed by atoms with Crippen LogP contribution < -0.4 is 5.73 Å². The third kappa shape index (κ3) is 2.88. The molecule has 0 radical (unpaired) electrons. The number of nitrogens with zero attached hydrogens (tertiary/aromatic N) is 5. The standard InChI is InChI=1S/C20H15F3N6O/c1-29-18(30)20(28-19(29)24,11-2-3-26-13(6-11)9-21)12-7-14(17(23)15(22)8-12)16-10-25-4-5-27-16/h2-8,10H,9H2,1H3,(H2,24,28). The maximum atomic E-state index is 14.6. The molecule has 3 heterocycles. The second-order valence-corrected chi connectivity index (χ2v) is 6.62. The van der Waals surface area contributed by atoms with E-state index >= 15 is 0 Å². The van der Waals surface area contributed by atoms with Gasteiger partial charge in [-0.15, -0.1) is 0 Å². The van der Waals surface area contributed by atoms with Crippen LogP contribution in [0.15, 0.2) is 54.0 Å². The van der Waals surface area contributed by atoms with Crippen LogP contribution in [0.4, 0.5) is 13.2 Å². The summed E-state index contributed by atoms with van der Waals surface area (Å²) in [4.78, 5) is 30.4. The molecule has 0 bridgehead atoms. The lowest BCUT2D eigenvalue weighted by atomic mass is 9.82. The summed E-state index contributed by atoms with van der Waals surface area (Å²) in [6.07, 6.45) is 5.30. The molecule has 0 spiro atoms. The Labute approximate surface area is 169 Å². The summed E-state index contributed by atoms with van der Waals surface area (Å²) in [5.74, 6) is -3.08. The molecule has 1 unspecified atom stereocenters. The molecule has 0 saturated carbocycles. The number of halogens is 3. The first kappa shape index (κ1) is 19.5. The Morgan fingerprint density at radius 2 is 1.90 bits per heavy atom. The van der Waals surface area contributed by atoms with Crippen LogP contribution in [0.25, 0.3) is 11.3 Å². The van der Waals surface area contributed by atoms with Gasteiger partial charge in [0, 0.05) is 31.2 Å². The number of carbonyl (C=O) groups excluding carboxylic acids is 1. The van der Waals surface area contributed by atoms with Crippen LogP contribution in [0.5, 0.6) is 0 Å². The van der Waals surface area contributed by atoms with Crippen molar-refractivity contribution in [1.82, 2.24) is 19.9 Å². The zero-order chi connectivity index (χ0) is 21.5. The second kappa shape index (κ2) is 7.21. The molecule has 4 rings (SSSR count). The first-order valence-corrected chi connectivity index (χ1v) is 8.79. The Morgan fingerprint density at radius 3 is 2.53 bits per heavy atom. The summed E-state index contributed by atoms with van der Waals surface area (Å²) in [5, 5.41) is 0. The van der Waals surface area contributed by atoms with Crippen LogP contribution in [0.2, 0.25) is 0 Å². The minimum Gasteiger partial charge on any atom is -0.369 e. The fourth-order valence-corrected chi connectivity index (χ4v) is 3.38. The molecule has 7 nitrogen and oxygen atoms in total. The van der Waals surface area contributed by atoms with E-state index < -0.39 is 29.8 Å². The molecule has 0 aliphatic carbocycles. The molecule has 0 saturated heterocycles. The topological polar surface area (TPSA) is 97.4 Å². The summed E-state index contributed by atoms with van der Waals surface area (Å²) < 4.78 is 42.5. The largest absolute Gasteiger partial charge is 0.369 e. The quantitative estimate of drug-likeness (QED) is 0.709. The van der Waals surface area contributed by atoms with Crippen molar-refractivity contribution in [3.8, 4) is 11.3 Å². The first-order chi connectivity index (χ1) is 14.4. The lowest BCUT2D eigenvalue weighted by Crippen LogP contribution is -2.41. The predicted octanol–water partition coefficient (Wildman–Crippen LogP) is 2.32. The molecule has 30 heavy (non-hydrogen) atoms. The Hall–Kier alpha value is -3.82. The minimum absolute atomic E-state index is 0.00959. The number of carbonyl (C=O) groups is 1. The van der Waals surface area contributed by atoms with E-state index in [2.05, 4.69) is 19.9 Å². The van der Waals surface area contributed by atoms with E-state index in [1.165, 1.54) is 50.0 Å². The highest BCUT2D eigenvalue weighted by atomic mass is 19.2. The number of aromatic nitrogens is 3. The van der Waals surface area contributed by atoms with Crippen molar-refractivity contribution in [2.24, 2.45) is 10.7 Å². The van der Waals surface area contributed by atoms with Gasteiger partial charge in [-0.05, 0) is 35.4 Å². The van der Waals surface area contributed by atoms with Gasteiger partial charge in [0.1, 0.15) is 6.67 Å². The smallest absolute Gasteiger partial charge is 0.266 e. The SMILES string of the molecule is CN1C(=O)C(c2ccnc(CF)c2)(c2cc(F)c(F)c(-c3cnccn3)c2)N=C1N. The fraction of sp³-hybridized carbons (Fsp3) is 0.150. The molecule has 10 heteroatoms. The van der Waals surface area contributed by atoms with E-state index in [1.807, 2.05) is 0 Å². The maximum absolute atomic E-state index is 14.6. The number of amides is 1. The molecule has 1 aliphatic rings. The van der Waals surface area contributed by atoms with Crippen LogP contribution in [0.1, 0.15) is 16.8 Å². The van der Waals surface area contributed by atoms with Gasteiger partial charge in [-0.25, -0.2) is 18.2 Å². The number of benzene rings is 1. The van der Waals surface area contributed by atoms with Crippen molar-refractivity contribution in [3.63, 3.8) is 0 Å². The zero-order valence-corrected chi connectivity index (χ0v) is 15.7. The summed E-state index contributed by atoms with van der Waals surface area (Å²) >= 11 is 0. The third-order valence-electron chi connectivity index (χ3n) is 4.90. The monoisotopic (exact) mass is 412 g/mol. The fourth-order valence-electron chi connectivity index (χ4n) is 3.38. The maximum Gasteiger partial charge on any atom is 0.266 e. The van der Waals surface area contributed by atoms with Crippen molar-refractivity contribution in [2.75, 3.05) is 7.05 Å². The number of aliphatic imine (C=N–C) groups is 1. The van der Waals surface area contributed by atoms with Crippen molar-refractivity contribution >= 4 is 11.9 Å². The van der Waals surface area contributed by atoms with Crippen LogP contribution in [0.3, 0.4) is 0 Å². The van der Waals surface area contributed by atoms with Gasteiger partial charge in [0.25, 0.3) is 5.91 Å². The van der Waals surface area contributed by atoms with E-state index in [-0.39, 0.29) is 34.0 Å². The molecule has 3 aromatic rings. The average molecular weight is 412 g/mol. The highest BCUT2D eigenvalue weighted by Gasteiger charge is 2.50. The van der Waals surface area contributed by atoms with E-state index in [9.17, 15) is 18.0 Å². The van der Waals surface area contributed by atoms with Gasteiger partial charge in [0.05, 0.1) is 17.6 Å². The molecule has 1 aromatic carbocycles. The summed E-state index contributed by atoms with van der Waals surface area (Å²) in [6.45, 7) is -0.879. The number of guanidine groups is 1. The van der Waals surface area contributed by atoms with Gasteiger partial charge in [-0.2, -0.15) is 0 Å². The molecule has 1 aliphatic heterocycles. The zero-order valence-electron chi connectivity index (χ0n) is 15.7. The Balaban J connectivity index is 2.02. The number of likely N-dealkylation sites (N-methyl/N-ethyl adjacent to an activating group) is 1. The Kier molecular flexibility index (Phi) is 4.69. The first-order valence-electron chi connectivity index (χ1n) is 8.79. The van der Waals surface area contributed by atoms with Crippen molar-refractivity contribution in [3.05, 3.63) is 77.5 Å². The summed E-state index contributed by atoms with van der Waals surface area (Å²) in [6, 6.07) is 4.94. The molecular formula is C20H15F3N6O. The predicted molar refractivity (Wildman–Crippen MR) is 102 cm³/mol. The summed E-state index contributed by atoms with van der Waals surface area (Å²) in [7, 11) is 1.41. The number of rotatable bonds is 4. The number of pyridine rings is 1. The van der Waals surface area contributed by atoms with Gasteiger partial charge in [0.2, 0.25) is 0 Å². The van der Waals surface area contributed by atoms with Crippen LogP contribution in [-0.4, -0.2) is 38.8 Å². The number of nitrogens with two attached hydrogens (primary N) is 1. The third-order valence-corrected chi connectivity index (χ3v) is 4.90. The van der Waals surface area contributed by atoms with Crippen molar-refractivity contribution in [1.29, 1.82) is 0 Å². The Bertz CT molecular complexity index is 1170. The molecule has 1 amide bonds. The van der Waals surface area contributed by atoms with Crippen LogP contribution >= 0.6 is 0 Å². The normalized spacial score (nSPS) is 18.6. The molecule has 0 fully saturated rings. The van der Waals surface area contributed by atoms with E-state index in [1.54, 1.807) is 0 Å². The lowest BCUT2D eigenvalue weighted by molar-refractivity contribution is -0.129. The van der Waals surface area contributed by atoms with Crippen LogP contribution in [0, 0.1) is 11.6 Å². The number of alkyl halides is 1. The van der Waals surface area contributed by atoms with Gasteiger partial charge < -0.3 is 5.73 Å². The molecule has 152 valence electrons. The second-order valence-electron chi connectivity index (χ2n) is 6.62. The lowest BCUT2D eigenvalue weighted by Gasteiger charge is -2.27. The van der Waals surface area contributed by atoms with Crippen molar-refractivity contribution in [2.45, 2.75) is 12.2 Å². The van der Waals surface area contributed by atoms with E-state index in [0.29, 0.717) is 0 Å². The van der Waals surface area contributed by atoms with Crippen LogP contribution in [-0.2, 0) is 17.0 Å². The molecule has 2 aromatic heterocycles. The highest BCUT2D eigenvalue weighted by molar-refractivity contribution is 6.09. The van der Waals surface area contributed by atoms with Gasteiger partial charge in [-0.3, -0.25) is 24.6 Å². The molecular weight excluding hydrogens is 397 g/mol. The van der Waals surface area contributed by atoms with Crippen molar-refractivity contribution < 1.29 is 18.0 Å². The van der Waals surface area contributed by atoms with Gasteiger partial charge in [-0.1, -0.05) is 0 Å².